The van der Waals surface area contributed by atoms with Gasteiger partial charge in [0.2, 0.25) is 0 Å². The van der Waals surface area contributed by atoms with Crippen LogP contribution in [0.15, 0.2) is 30.3 Å². The quantitative estimate of drug-likeness (QED) is 0.241. The normalized spacial score (nSPS) is 21.9. The van der Waals surface area contributed by atoms with Gasteiger partial charge in [0.1, 0.15) is 12.6 Å². The van der Waals surface area contributed by atoms with Crippen molar-refractivity contribution in [2.75, 3.05) is 59.2 Å². The number of nitrogens with zero attached hydrogens (tertiary/aromatic N) is 2. The second-order valence-corrected chi connectivity index (χ2v) is 17.7. The lowest BCUT2D eigenvalue weighted by molar-refractivity contribution is -0.216. The summed E-state index contributed by atoms with van der Waals surface area (Å²) in [5.41, 5.74) is 0.949. The number of nitrogens with one attached hydrogen (secondary N) is 1. The minimum absolute atomic E-state index is 0.0538. The average molecular weight is 578 g/mol. The van der Waals surface area contributed by atoms with Gasteiger partial charge in [-0.2, -0.15) is 0 Å². The fourth-order valence-electron chi connectivity index (χ4n) is 5.25. The highest BCUT2D eigenvalue weighted by Gasteiger charge is 2.55. The summed E-state index contributed by atoms with van der Waals surface area (Å²) in [6.07, 6.45) is -1.68. The van der Waals surface area contributed by atoms with E-state index in [4.69, 9.17) is 23.7 Å². The molecule has 3 aliphatic heterocycles. The molecule has 3 heterocycles. The summed E-state index contributed by atoms with van der Waals surface area (Å²) in [6, 6.07) is 8.69. The Morgan fingerprint density at radius 2 is 1.82 bits per heavy atom. The molecule has 3 aliphatic rings. The van der Waals surface area contributed by atoms with Gasteiger partial charge in [0.05, 0.1) is 51.7 Å². The molecule has 1 aromatic carbocycles. The maximum atomic E-state index is 13.3. The third-order valence-corrected chi connectivity index (χ3v) is 9.20. The van der Waals surface area contributed by atoms with Crippen LogP contribution in [0.1, 0.15) is 12.5 Å². The zero-order valence-corrected chi connectivity index (χ0v) is 25.1. The average Bonchev–Trinajstić information content (AvgIpc) is 2.87. The Morgan fingerprint density at radius 3 is 2.45 bits per heavy atom. The van der Waals surface area contributed by atoms with Gasteiger partial charge in [0.15, 0.2) is 0 Å². The van der Waals surface area contributed by atoms with Crippen molar-refractivity contribution < 1.29 is 38.1 Å². The van der Waals surface area contributed by atoms with E-state index in [2.05, 4.69) is 29.9 Å². The first-order chi connectivity index (χ1) is 19.1. The van der Waals surface area contributed by atoms with Gasteiger partial charge in [-0.3, -0.25) is 4.90 Å². The maximum absolute atomic E-state index is 13.3. The second-order valence-electron chi connectivity index (χ2n) is 12.1. The van der Waals surface area contributed by atoms with Crippen LogP contribution >= 0.6 is 0 Å². The van der Waals surface area contributed by atoms with Crippen molar-refractivity contribution in [3.05, 3.63) is 35.9 Å². The van der Waals surface area contributed by atoms with Crippen LogP contribution in [0, 0.1) is 5.41 Å². The van der Waals surface area contributed by atoms with Crippen LogP contribution < -0.4 is 5.32 Å². The van der Waals surface area contributed by atoms with Crippen molar-refractivity contribution >= 4 is 26.2 Å². The number of rotatable bonds is 11. The van der Waals surface area contributed by atoms with Crippen molar-refractivity contribution in [3.8, 4) is 0 Å². The number of carbonyl (C=O) groups excluding carboxylic acids is 3. The second kappa shape index (κ2) is 13.3. The lowest BCUT2D eigenvalue weighted by atomic mass is 9.75. The zero-order valence-electron chi connectivity index (χ0n) is 24.1. The molecule has 3 atom stereocenters. The van der Waals surface area contributed by atoms with E-state index in [9.17, 15) is 14.4 Å². The highest BCUT2D eigenvalue weighted by atomic mass is 28.3. The predicted octanol–water partition coefficient (Wildman–Crippen LogP) is 2.72. The molecular formula is C28H43N3O8Si. The van der Waals surface area contributed by atoms with Crippen LogP contribution in [0.25, 0.3) is 0 Å². The van der Waals surface area contributed by atoms with Gasteiger partial charge in [-0.05, 0) is 18.5 Å². The summed E-state index contributed by atoms with van der Waals surface area (Å²) < 4.78 is 28.0. The highest BCUT2D eigenvalue weighted by Crippen LogP contribution is 2.40. The number of hydrogen-bond donors (Lipinski definition) is 1. The van der Waals surface area contributed by atoms with Gasteiger partial charge < -0.3 is 33.9 Å². The van der Waals surface area contributed by atoms with E-state index in [1.807, 2.05) is 30.3 Å². The lowest BCUT2D eigenvalue weighted by Gasteiger charge is -2.59. The number of esters is 1. The standard InChI is InChI=1S/C28H43N3O8Si/c1-5-36-25(32)23(29-26(33)38-13-14-40(2,3)4)24(31-17-28(18-31)19-35-20-28)22-15-30(11-12-37-22)27(34)39-16-21-9-7-6-8-10-21/h6-10,22-24H,5,11-20H2,1-4H3,(H,29,33)/t22-,23+,24-/m1/s1. The summed E-state index contributed by atoms with van der Waals surface area (Å²) in [6.45, 7) is 12.5. The SMILES string of the molecule is CCOC(=O)[C@@H](NC(=O)OCC[Si](C)(C)C)[C@@H]([C@H]1CN(C(=O)OCc2ccccc2)CCO1)N1CC2(COC2)C1. The molecule has 1 aromatic rings. The van der Waals surface area contributed by atoms with Crippen LogP contribution in [0.5, 0.6) is 0 Å². The molecule has 1 spiro atoms. The number of hydrogen-bond acceptors (Lipinski definition) is 9. The Morgan fingerprint density at radius 1 is 1.10 bits per heavy atom. The van der Waals surface area contributed by atoms with Crippen LogP contribution in [-0.2, 0) is 35.1 Å². The number of ether oxygens (including phenoxy) is 5. The van der Waals surface area contributed by atoms with Gasteiger partial charge in [-0.15, -0.1) is 0 Å². The third-order valence-electron chi connectivity index (χ3n) is 7.49. The Bertz CT molecular complexity index is 1010. The predicted molar refractivity (Wildman–Crippen MR) is 150 cm³/mol. The van der Waals surface area contributed by atoms with Crippen molar-refractivity contribution in [1.82, 2.24) is 15.1 Å². The first-order valence-electron chi connectivity index (χ1n) is 14.1. The van der Waals surface area contributed by atoms with Gasteiger partial charge in [-0.25, -0.2) is 14.4 Å². The molecule has 0 radical (unpaired) electrons. The van der Waals surface area contributed by atoms with E-state index in [1.54, 1.807) is 11.8 Å². The zero-order chi connectivity index (χ0) is 28.8. The van der Waals surface area contributed by atoms with Gasteiger partial charge in [-0.1, -0.05) is 50.0 Å². The summed E-state index contributed by atoms with van der Waals surface area (Å²) in [4.78, 5) is 42.8. The lowest BCUT2D eigenvalue weighted by Crippen LogP contribution is -2.74. The highest BCUT2D eigenvalue weighted by molar-refractivity contribution is 6.76. The first-order valence-corrected chi connectivity index (χ1v) is 17.8. The molecule has 3 saturated heterocycles. The van der Waals surface area contributed by atoms with E-state index in [0.717, 1.165) is 11.6 Å². The summed E-state index contributed by atoms with van der Waals surface area (Å²) in [5.74, 6) is -0.562. The smallest absolute Gasteiger partial charge is 0.410 e. The number of likely N-dealkylation sites (tertiary alicyclic amines) is 1. The largest absolute Gasteiger partial charge is 0.464 e. The number of benzene rings is 1. The molecule has 0 aliphatic carbocycles. The van der Waals surface area contributed by atoms with E-state index < -0.39 is 44.4 Å². The molecule has 12 heteroatoms. The molecule has 1 N–H and O–H groups in total. The van der Waals surface area contributed by atoms with Crippen molar-refractivity contribution in [1.29, 1.82) is 0 Å². The van der Waals surface area contributed by atoms with E-state index in [-0.39, 0.29) is 38.4 Å². The Hall–Kier alpha value is -2.67. The molecule has 4 rings (SSSR count). The molecule has 0 aromatic heterocycles. The van der Waals surface area contributed by atoms with Gasteiger partial charge in [0.25, 0.3) is 0 Å². The van der Waals surface area contributed by atoms with Crippen LogP contribution in [-0.4, -0.2) is 113 Å². The topological polar surface area (TPSA) is 116 Å². The summed E-state index contributed by atoms with van der Waals surface area (Å²) in [5, 5.41) is 2.78. The molecule has 0 saturated carbocycles. The van der Waals surface area contributed by atoms with Crippen molar-refractivity contribution in [3.63, 3.8) is 0 Å². The van der Waals surface area contributed by atoms with E-state index >= 15 is 0 Å². The molecule has 0 bridgehead atoms. The molecule has 40 heavy (non-hydrogen) atoms. The fourth-order valence-corrected chi connectivity index (χ4v) is 5.97. The number of carbonyl (C=O) groups is 3. The summed E-state index contributed by atoms with van der Waals surface area (Å²) in [7, 11) is -1.41. The van der Waals surface area contributed by atoms with E-state index in [1.165, 1.54) is 0 Å². The first kappa shape index (κ1) is 30.3. The number of amides is 2. The van der Waals surface area contributed by atoms with Crippen molar-refractivity contribution in [2.45, 2.75) is 57.4 Å². The molecule has 0 unspecified atom stereocenters. The Balaban J connectivity index is 1.47. The molecule has 222 valence electrons. The minimum Gasteiger partial charge on any atom is -0.464 e. The molecule has 11 nitrogen and oxygen atoms in total. The van der Waals surface area contributed by atoms with Crippen molar-refractivity contribution in [2.24, 2.45) is 5.41 Å². The fraction of sp³-hybridized carbons (Fsp3) is 0.679. The molecule has 3 fully saturated rings. The maximum Gasteiger partial charge on any atom is 0.410 e. The van der Waals surface area contributed by atoms with Crippen LogP contribution in [0.4, 0.5) is 9.59 Å². The van der Waals surface area contributed by atoms with Crippen LogP contribution in [0.2, 0.25) is 25.7 Å². The van der Waals surface area contributed by atoms with Gasteiger partial charge in [0, 0.05) is 33.1 Å². The van der Waals surface area contributed by atoms with E-state index in [0.29, 0.717) is 32.8 Å². The minimum atomic E-state index is -1.41. The number of morpholine rings is 1. The van der Waals surface area contributed by atoms with Crippen LogP contribution in [0.3, 0.4) is 0 Å². The molecular weight excluding hydrogens is 534 g/mol. The monoisotopic (exact) mass is 577 g/mol. The Labute approximate surface area is 237 Å². The Kier molecular flexibility index (Phi) is 10.1. The molecule has 2 amide bonds. The number of alkyl carbamates (subject to hydrolysis) is 1. The third kappa shape index (κ3) is 7.96. The van der Waals surface area contributed by atoms with Gasteiger partial charge >= 0.3 is 18.2 Å². The summed E-state index contributed by atoms with van der Waals surface area (Å²) >= 11 is 0.